The maximum atomic E-state index is 12.5. The second-order valence-electron chi connectivity index (χ2n) is 5.58. The first-order valence-electron chi connectivity index (χ1n) is 7.40. The third kappa shape index (κ3) is 3.98. The first kappa shape index (κ1) is 16.3. The molecule has 0 unspecified atom stereocenters. The van der Waals surface area contributed by atoms with Gasteiger partial charge in [0.15, 0.2) is 6.61 Å². The Labute approximate surface area is 129 Å². The molecule has 0 saturated carbocycles. The molecule has 6 heteroatoms. The van der Waals surface area contributed by atoms with Gasteiger partial charge in [-0.3, -0.25) is 4.79 Å². The van der Waals surface area contributed by atoms with Crippen LogP contribution >= 0.6 is 0 Å². The van der Waals surface area contributed by atoms with Gasteiger partial charge < -0.3 is 19.8 Å². The lowest BCUT2D eigenvalue weighted by molar-refractivity contribution is -0.139. The minimum Gasteiger partial charge on any atom is -0.482 e. The molecule has 0 radical (unpaired) electrons. The second-order valence-corrected chi connectivity index (χ2v) is 5.58. The number of hydrogen-bond acceptors (Lipinski definition) is 4. The summed E-state index contributed by atoms with van der Waals surface area (Å²) in [7, 11) is 0. The van der Waals surface area contributed by atoms with Gasteiger partial charge in [0.2, 0.25) is 0 Å². The average molecular weight is 307 g/mol. The van der Waals surface area contributed by atoms with Crippen LogP contribution in [0, 0.1) is 0 Å². The molecule has 22 heavy (non-hydrogen) atoms. The molecule has 0 spiro atoms. The third-order valence-electron chi connectivity index (χ3n) is 4.08. The van der Waals surface area contributed by atoms with E-state index >= 15 is 0 Å². The van der Waals surface area contributed by atoms with Crippen LogP contribution in [0.1, 0.15) is 36.5 Å². The molecule has 1 aromatic rings. The summed E-state index contributed by atoms with van der Waals surface area (Å²) in [6.07, 6.45) is 1.84. The van der Waals surface area contributed by atoms with E-state index in [0.29, 0.717) is 43.7 Å². The van der Waals surface area contributed by atoms with Crippen molar-refractivity contribution < 1.29 is 24.5 Å². The number of benzene rings is 1. The van der Waals surface area contributed by atoms with Crippen LogP contribution in [0.15, 0.2) is 24.3 Å². The Morgan fingerprint density at radius 2 is 2.00 bits per heavy atom. The van der Waals surface area contributed by atoms with Crippen molar-refractivity contribution in [1.82, 2.24) is 4.90 Å². The SMILES string of the molecule is CCC1(O)CCN(C(=O)c2cccc(OCC(=O)O)c2)CC1. The number of piperidine rings is 1. The summed E-state index contributed by atoms with van der Waals surface area (Å²) < 4.78 is 5.09. The molecule has 0 atom stereocenters. The summed E-state index contributed by atoms with van der Waals surface area (Å²) in [5, 5.41) is 18.8. The molecule has 1 fully saturated rings. The van der Waals surface area contributed by atoms with Crippen LogP contribution < -0.4 is 4.74 Å². The fraction of sp³-hybridized carbons (Fsp3) is 0.500. The minimum atomic E-state index is -1.06. The van der Waals surface area contributed by atoms with Crippen LogP contribution in [0.3, 0.4) is 0 Å². The molecule has 1 heterocycles. The van der Waals surface area contributed by atoms with Gasteiger partial charge in [-0.2, -0.15) is 0 Å². The van der Waals surface area contributed by atoms with E-state index in [1.54, 1.807) is 29.2 Å². The number of likely N-dealkylation sites (tertiary alicyclic amines) is 1. The van der Waals surface area contributed by atoms with Crippen LogP contribution in [0.25, 0.3) is 0 Å². The number of carboxylic acids is 1. The van der Waals surface area contributed by atoms with E-state index in [1.165, 1.54) is 0 Å². The zero-order chi connectivity index (χ0) is 16.2. The van der Waals surface area contributed by atoms with Gasteiger partial charge in [0.1, 0.15) is 5.75 Å². The fourth-order valence-electron chi connectivity index (χ4n) is 2.53. The topological polar surface area (TPSA) is 87.1 Å². The number of aliphatic carboxylic acids is 1. The van der Waals surface area contributed by atoms with E-state index in [2.05, 4.69) is 0 Å². The normalized spacial score (nSPS) is 17.1. The lowest BCUT2D eigenvalue weighted by Crippen LogP contribution is -2.46. The van der Waals surface area contributed by atoms with E-state index in [-0.39, 0.29) is 5.91 Å². The first-order chi connectivity index (χ1) is 10.4. The molecule has 2 N–H and O–H groups in total. The van der Waals surface area contributed by atoms with E-state index in [9.17, 15) is 14.7 Å². The van der Waals surface area contributed by atoms with Gasteiger partial charge in [0.25, 0.3) is 5.91 Å². The Balaban J connectivity index is 2.01. The molecule has 1 saturated heterocycles. The molecule has 1 aliphatic heterocycles. The van der Waals surface area contributed by atoms with Crippen LogP contribution in [-0.2, 0) is 4.79 Å². The van der Waals surface area contributed by atoms with Crippen molar-refractivity contribution in [1.29, 1.82) is 0 Å². The van der Waals surface area contributed by atoms with Gasteiger partial charge in [-0.15, -0.1) is 0 Å². The van der Waals surface area contributed by atoms with Crippen LogP contribution in [0.5, 0.6) is 5.75 Å². The van der Waals surface area contributed by atoms with Gasteiger partial charge in [0, 0.05) is 18.7 Å². The Morgan fingerprint density at radius 1 is 1.32 bits per heavy atom. The van der Waals surface area contributed by atoms with Gasteiger partial charge in [-0.1, -0.05) is 13.0 Å². The number of rotatable bonds is 5. The highest BCUT2D eigenvalue weighted by atomic mass is 16.5. The summed E-state index contributed by atoms with van der Waals surface area (Å²) >= 11 is 0. The zero-order valence-corrected chi connectivity index (χ0v) is 12.6. The maximum Gasteiger partial charge on any atom is 0.341 e. The number of carbonyl (C=O) groups is 2. The van der Waals surface area contributed by atoms with Crippen molar-refractivity contribution in [2.75, 3.05) is 19.7 Å². The molecule has 0 aliphatic carbocycles. The van der Waals surface area contributed by atoms with Gasteiger partial charge in [0.05, 0.1) is 5.60 Å². The molecular weight excluding hydrogens is 286 g/mol. The van der Waals surface area contributed by atoms with E-state index in [4.69, 9.17) is 9.84 Å². The quantitative estimate of drug-likeness (QED) is 0.861. The predicted molar refractivity (Wildman–Crippen MR) is 80.0 cm³/mol. The monoisotopic (exact) mass is 307 g/mol. The number of aliphatic hydroxyl groups is 1. The highest BCUT2D eigenvalue weighted by Crippen LogP contribution is 2.26. The molecule has 1 aliphatic rings. The van der Waals surface area contributed by atoms with Crippen molar-refractivity contribution in [3.63, 3.8) is 0 Å². The summed E-state index contributed by atoms with van der Waals surface area (Å²) in [4.78, 5) is 24.7. The lowest BCUT2D eigenvalue weighted by Gasteiger charge is -2.37. The number of amides is 1. The number of nitrogens with zero attached hydrogens (tertiary/aromatic N) is 1. The van der Waals surface area contributed by atoms with Crippen molar-refractivity contribution in [3.8, 4) is 5.75 Å². The summed E-state index contributed by atoms with van der Waals surface area (Å²) in [5.74, 6) is -0.833. The van der Waals surface area contributed by atoms with Crippen LogP contribution in [0.2, 0.25) is 0 Å². The average Bonchev–Trinajstić information content (AvgIpc) is 2.53. The second kappa shape index (κ2) is 6.79. The molecule has 2 rings (SSSR count). The van der Waals surface area contributed by atoms with E-state index in [0.717, 1.165) is 0 Å². The molecule has 6 nitrogen and oxygen atoms in total. The number of carbonyl (C=O) groups excluding carboxylic acids is 1. The maximum absolute atomic E-state index is 12.5. The van der Waals surface area contributed by atoms with Crippen molar-refractivity contribution in [3.05, 3.63) is 29.8 Å². The standard InChI is InChI=1S/C16H21NO5/c1-2-16(21)6-8-17(9-7-16)15(20)12-4-3-5-13(10-12)22-11-14(18)19/h3-5,10,21H,2,6-9,11H2,1H3,(H,18,19). The Morgan fingerprint density at radius 3 is 2.59 bits per heavy atom. The number of hydrogen-bond donors (Lipinski definition) is 2. The van der Waals surface area contributed by atoms with Crippen molar-refractivity contribution >= 4 is 11.9 Å². The summed E-state index contributed by atoms with van der Waals surface area (Å²) in [5.41, 5.74) is -0.201. The van der Waals surface area contributed by atoms with Crippen LogP contribution in [-0.4, -0.2) is 52.3 Å². The Hall–Kier alpha value is -2.08. The highest BCUT2D eigenvalue weighted by molar-refractivity contribution is 5.94. The largest absolute Gasteiger partial charge is 0.482 e. The van der Waals surface area contributed by atoms with Crippen LogP contribution in [0.4, 0.5) is 0 Å². The minimum absolute atomic E-state index is 0.126. The number of carboxylic acid groups (broad SMARTS) is 1. The smallest absolute Gasteiger partial charge is 0.341 e. The van der Waals surface area contributed by atoms with Gasteiger partial charge in [-0.05, 0) is 37.5 Å². The number of ether oxygens (including phenoxy) is 1. The Bertz CT molecular complexity index is 549. The van der Waals surface area contributed by atoms with E-state index in [1.807, 2.05) is 6.92 Å². The van der Waals surface area contributed by atoms with Crippen molar-refractivity contribution in [2.45, 2.75) is 31.8 Å². The first-order valence-corrected chi connectivity index (χ1v) is 7.40. The highest BCUT2D eigenvalue weighted by Gasteiger charge is 2.32. The van der Waals surface area contributed by atoms with Crippen molar-refractivity contribution in [2.24, 2.45) is 0 Å². The van der Waals surface area contributed by atoms with Gasteiger partial charge in [-0.25, -0.2) is 4.79 Å². The van der Waals surface area contributed by atoms with E-state index < -0.39 is 18.2 Å². The fourth-order valence-corrected chi connectivity index (χ4v) is 2.53. The predicted octanol–water partition coefficient (Wildman–Crippen LogP) is 1.53. The molecule has 1 amide bonds. The molecule has 1 aromatic carbocycles. The lowest BCUT2D eigenvalue weighted by atomic mass is 9.89. The summed E-state index contributed by atoms with van der Waals surface area (Å²) in [6, 6.07) is 6.50. The molecule has 0 aromatic heterocycles. The molecule has 0 bridgehead atoms. The Kier molecular flexibility index (Phi) is 5.03. The van der Waals surface area contributed by atoms with Gasteiger partial charge >= 0.3 is 5.97 Å². The third-order valence-corrected chi connectivity index (χ3v) is 4.08. The zero-order valence-electron chi connectivity index (χ0n) is 12.6. The summed E-state index contributed by atoms with van der Waals surface area (Å²) in [6.45, 7) is 2.54. The molecular formula is C16H21NO5. The molecule has 120 valence electrons.